The summed E-state index contributed by atoms with van der Waals surface area (Å²) in [7, 11) is 0. The van der Waals surface area contributed by atoms with Crippen LogP contribution in [0.3, 0.4) is 0 Å². The van der Waals surface area contributed by atoms with Crippen molar-refractivity contribution in [3.8, 4) is 11.5 Å². The van der Waals surface area contributed by atoms with Crippen LogP contribution in [0.1, 0.15) is 43.7 Å². The first-order chi connectivity index (χ1) is 15.4. The van der Waals surface area contributed by atoms with Gasteiger partial charge in [-0.2, -0.15) is 0 Å². The van der Waals surface area contributed by atoms with Gasteiger partial charge in [-0.05, 0) is 69.0 Å². The van der Waals surface area contributed by atoms with E-state index in [1.165, 1.54) is 18.1 Å². The van der Waals surface area contributed by atoms with E-state index in [2.05, 4.69) is 22.3 Å². The van der Waals surface area contributed by atoms with Crippen molar-refractivity contribution in [2.45, 2.75) is 51.7 Å². The topological polar surface area (TPSA) is 71.0 Å². The summed E-state index contributed by atoms with van der Waals surface area (Å²) in [5.74, 6) is 1.64. The molecule has 1 saturated heterocycles. The van der Waals surface area contributed by atoms with Gasteiger partial charge in [0.25, 0.3) is 0 Å². The lowest BCUT2D eigenvalue weighted by Gasteiger charge is -2.27. The molecule has 2 N–H and O–H groups in total. The molecule has 0 aromatic heterocycles. The first kappa shape index (κ1) is 24.1. The highest BCUT2D eigenvalue weighted by Crippen LogP contribution is 2.25. The standard InChI is InChI=1S/C26H36N2O4/c1-21-5-9-25(10-6-21)32-20-26(30)13-3-16-28(17-14-26)19-23-7-11-24(12-8-23)31-18-4-15-27-22(2)29/h5-12,30H,3-4,13-20H2,1-2H3,(H,27,29)/t26-/m0/s1. The molecule has 0 aliphatic carbocycles. The van der Waals surface area contributed by atoms with E-state index in [1.807, 2.05) is 43.3 Å². The highest BCUT2D eigenvalue weighted by atomic mass is 16.5. The number of aryl methyl sites for hydroxylation is 1. The molecular formula is C26H36N2O4. The maximum atomic E-state index is 11.0. The van der Waals surface area contributed by atoms with Crippen LogP contribution in [0.2, 0.25) is 0 Å². The SMILES string of the molecule is CC(=O)NCCCOc1ccc(CN2CCC[C@@](O)(COc3ccc(C)cc3)CC2)cc1. The Morgan fingerprint density at radius 1 is 1.03 bits per heavy atom. The number of nitrogens with one attached hydrogen (secondary N) is 1. The van der Waals surface area contributed by atoms with Gasteiger partial charge in [0.1, 0.15) is 18.1 Å². The minimum Gasteiger partial charge on any atom is -0.494 e. The number of rotatable bonds is 10. The van der Waals surface area contributed by atoms with Gasteiger partial charge in [0.05, 0.1) is 12.2 Å². The molecule has 0 unspecified atom stereocenters. The quantitative estimate of drug-likeness (QED) is 0.552. The van der Waals surface area contributed by atoms with Gasteiger partial charge in [0, 0.05) is 26.6 Å². The molecule has 3 rings (SSSR count). The summed E-state index contributed by atoms with van der Waals surface area (Å²) in [5, 5.41) is 13.8. The van der Waals surface area contributed by atoms with Crippen LogP contribution in [0.4, 0.5) is 0 Å². The van der Waals surface area contributed by atoms with Crippen molar-refractivity contribution < 1.29 is 19.4 Å². The van der Waals surface area contributed by atoms with Crippen LogP contribution in [0.15, 0.2) is 48.5 Å². The van der Waals surface area contributed by atoms with E-state index in [0.717, 1.165) is 50.4 Å². The summed E-state index contributed by atoms with van der Waals surface area (Å²) in [6.45, 7) is 7.77. The minimum absolute atomic E-state index is 0.0138. The second kappa shape index (κ2) is 11.9. The molecule has 1 atom stereocenters. The molecule has 2 aromatic rings. The Hall–Kier alpha value is -2.57. The minimum atomic E-state index is -0.783. The van der Waals surface area contributed by atoms with Gasteiger partial charge in [0.15, 0.2) is 0 Å². The highest BCUT2D eigenvalue weighted by Gasteiger charge is 2.31. The number of likely N-dealkylation sites (tertiary alicyclic amines) is 1. The van der Waals surface area contributed by atoms with Gasteiger partial charge in [0.2, 0.25) is 5.91 Å². The summed E-state index contributed by atoms with van der Waals surface area (Å²) in [4.78, 5) is 13.3. The van der Waals surface area contributed by atoms with E-state index >= 15 is 0 Å². The van der Waals surface area contributed by atoms with Gasteiger partial charge in [-0.3, -0.25) is 9.69 Å². The summed E-state index contributed by atoms with van der Waals surface area (Å²) in [6.07, 6.45) is 3.18. The van der Waals surface area contributed by atoms with E-state index in [-0.39, 0.29) is 5.91 Å². The lowest BCUT2D eigenvalue weighted by Crippen LogP contribution is -2.37. The molecule has 1 heterocycles. The Bertz CT molecular complexity index is 838. The maximum absolute atomic E-state index is 11.0. The molecule has 0 spiro atoms. The molecular weight excluding hydrogens is 404 g/mol. The molecule has 1 amide bonds. The zero-order valence-corrected chi connectivity index (χ0v) is 19.3. The molecule has 2 aromatic carbocycles. The Morgan fingerprint density at radius 3 is 2.44 bits per heavy atom. The van der Waals surface area contributed by atoms with Gasteiger partial charge in [-0.1, -0.05) is 29.8 Å². The maximum Gasteiger partial charge on any atom is 0.216 e. The van der Waals surface area contributed by atoms with Gasteiger partial charge in [-0.25, -0.2) is 0 Å². The molecule has 1 aliphatic rings. The summed E-state index contributed by atoms with van der Waals surface area (Å²) in [6, 6.07) is 16.2. The molecule has 1 aliphatic heterocycles. The number of amides is 1. The molecule has 6 nitrogen and oxygen atoms in total. The van der Waals surface area contributed by atoms with Crippen molar-refractivity contribution in [2.75, 3.05) is 32.8 Å². The number of aliphatic hydroxyl groups is 1. The van der Waals surface area contributed by atoms with Crippen molar-refractivity contribution in [1.82, 2.24) is 10.2 Å². The third kappa shape index (κ3) is 8.17. The van der Waals surface area contributed by atoms with Gasteiger partial charge < -0.3 is 19.9 Å². The number of nitrogens with zero attached hydrogens (tertiary/aromatic N) is 1. The Balaban J connectivity index is 1.41. The van der Waals surface area contributed by atoms with Gasteiger partial charge >= 0.3 is 0 Å². The predicted octanol–water partition coefficient (Wildman–Crippen LogP) is 3.70. The monoisotopic (exact) mass is 440 g/mol. The average molecular weight is 441 g/mol. The molecule has 0 bridgehead atoms. The third-order valence-corrected chi connectivity index (χ3v) is 5.83. The predicted molar refractivity (Wildman–Crippen MR) is 126 cm³/mol. The average Bonchev–Trinajstić information content (AvgIpc) is 2.96. The second-order valence-corrected chi connectivity index (χ2v) is 8.78. The summed E-state index contributed by atoms with van der Waals surface area (Å²) in [5.41, 5.74) is 1.65. The fourth-order valence-corrected chi connectivity index (χ4v) is 3.87. The van der Waals surface area contributed by atoms with Crippen molar-refractivity contribution >= 4 is 5.91 Å². The van der Waals surface area contributed by atoms with Crippen molar-refractivity contribution in [3.05, 3.63) is 59.7 Å². The van der Waals surface area contributed by atoms with Crippen LogP contribution >= 0.6 is 0 Å². The zero-order chi connectivity index (χ0) is 22.8. The van der Waals surface area contributed by atoms with E-state index in [1.54, 1.807) is 0 Å². The van der Waals surface area contributed by atoms with E-state index in [0.29, 0.717) is 26.2 Å². The Labute approximate surface area is 191 Å². The highest BCUT2D eigenvalue weighted by molar-refractivity contribution is 5.72. The number of carbonyl (C=O) groups is 1. The van der Waals surface area contributed by atoms with Crippen LogP contribution in [0.5, 0.6) is 11.5 Å². The Morgan fingerprint density at radius 2 is 1.72 bits per heavy atom. The van der Waals surface area contributed by atoms with Crippen LogP contribution in [-0.4, -0.2) is 54.4 Å². The first-order valence-corrected chi connectivity index (χ1v) is 11.5. The first-order valence-electron chi connectivity index (χ1n) is 11.5. The number of benzene rings is 2. The van der Waals surface area contributed by atoms with Crippen LogP contribution in [0, 0.1) is 6.92 Å². The Kier molecular flexibility index (Phi) is 8.94. The van der Waals surface area contributed by atoms with E-state index in [4.69, 9.17) is 9.47 Å². The van der Waals surface area contributed by atoms with Crippen molar-refractivity contribution in [2.24, 2.45) is 0 Å². The summed E-state index contributed by atoms with van der Waals surface area (Å²) < 4.78 is 11.6. The lowest BCUT2D eigenvalue weighted by molar-refractivity contribution is -0.118. The van der Waals surface area contributed by atoms with E-state index in [9.17, 15) is 9.90 Å². The van der Waals surface area contributed by atoms with Crippen LogP contribution in [-0.2, 0) is 11.3 Å². The molecule has 1 fully saturated rings. The van der Waals surface area contributed by atoms with E-state index < -0.39 is 5.60 Å². The number of hydrogen-bond acceptors (Lipinski definition) is 5. The second-order valence-electron chi connectivity index (χ2n) is 8.78. The smallest absolute Gasteiger partial charge is 0.216 e. The molecule has 6 heteroatoms. The normalized spacial score (nSPS) is 19.2. The van der Waals surface area contributed by atoms with Crippen molar-refractivity contribution in [1.29, 1.82) is 0 Å². The zero-order valence-electron chi connectivity index (χ0n) is 19.3. The molecule has 0 radical (unpaired) electrons. The van der Waals surface area contributed by atoms with Gasteiger partial charge in [-0.15, -0.1) is 0 Å². The number of ether oxygens (including phenoxy) is 2. The largest absolute Gasteiger partial charge is 0.494 e. The fraction of sp³-hybridized carbons (Fsp3) is 0.500. The summed E-state index contributed by atoms with van der Waals surface area (Å²) >= 11 is 0. The number of hydrogen-bond donors (Lipinski definition) is 2. The molecule has 0 saturated carbocycles. The number of carbonyl (C=O) groups excluding carboxylic acids is 1. The molecule has 174 valence electrons. The van der Waals surface area contributed by atoms with Crippen LogP contribution in [0.25, 0.3) is 0 Å². The van der Waals surface area contributed by atoms with Crippen molar-refractivity contribution in [3.63, 3.8) is 0 Å². The van der Waals surface area contributed by atoms with Crippen LogP contribution < -0.4 is 14.8 Å². The fourth-order valence-electron chi connectivity index (χ4n) is 3.87. The third-order valence-electron chi connectivity index (χ3n) is 5.83. The lowest BCUT2D eigenvalue weighted by atomic mass is 9.96. The molecule has 32 heavy (non-hydrogen) atoms.